The molecule has 24 heavy (non-hydrogen) atoms. The summed E-state index contributed by atoms with van der Waals surface area (Å²) in [5.41, 5.74) is 0.613. The third-order valence-corrected chi connectivity index (χ3v) is 4.27. The highest BCUT2D eigenvalue weighted by atomic mass is 16.5. The van der Waals surface area contributed by atoms with Gasteiger partial charge in [-0.3, -0.25) is 10.1 Å². The molecular weight excluding hydrogens is 310 g/mol. The molecule has 7 heteroatoms. The third-order valence-electron chi connectivity index (χ3n) is 4.27. The van der Waals surface area contributed by atoms with Crippen LogP contribution in [0.15, 0.2) is 22.6 Å². The second-order valence-electron chi connectivity index (χ2n) is 5.80. The Hall–Kier alpha value is -2.57. The fraction of sp³-hybridized carbons (Fsp3) is 0.471. The minimum atomic E-state index is -0.0532. The van der Waals surface area contributed by atoms with E-state index in [0.717, 1.165) is 25.7 Å². The number of nitrogens with one attached hydrogen (secondary N) is 1. The molecule has 1 aromatic heterocycles. The Morgan fingerprint density at radius 1 is 1.17 bits per heavy atom. The van der Waals surface area contributed by atoms with Crippen molar-refractivity contribution in [2.45, 2.75) is 32.1 Å². The number of methoxy groups -OCH3 is 2. The molecule has 1 aliphatic carbocycles. The molecule has 1 aliphatic rings. The number of amides is 1. The van der Waals surface area contributed by atoms with Crippen molar-refractivity contribution in [2.24, 2.45) is 5.92 Å². The second-order valence-corrected chi connectivity index (χ2v) is 5.80. The van der Waals surface area contributed by atoms with Crippen molar-refractivity contribution in [1.29, 1.82) is 0 Å². The Morgan fingerprint density at radius 2 is 1.96 bits per heavy atom. The highest BCUT2D eigenvalue weighted by Crippen LogP contribution is 2.33. The van der Waals surface area contributed by atoms with Crippen LogP contribution in [0.4, 0.5) is 6.01 Å². The molecule has 3 rings (SSSR count). The molecule has 0 atom stereocenters. The monoisotopic (exact) mass is 331 g/mol. The number of hydrogen-bond acceptors (Lipinski definition) is 6. The zero-order chi connectivity index (χ0) is 16.9. The lowest BCUT2D eigenvalue weighted by atomic mass is 9.89. The molecule has 0 saturated heterocycles. The molecule has 1 heterocycles. The molecule has 1 amide bonds. The average molecular weight is 331 g/mol. The van der Waals surface area contributed by atoms with Crippen LogP contribution in [0.25, 0.3) is 11.5 Å². The van der Waals surface area contributed by atoms with Crippen LogP contribution < -0.4 is 14.8 Å². The van der Waals surface area contributed by atoms with Crippen LogP contribution in [-0.2, 0) is 4.79 Å². The summed E-state index contributed by atoms with van der Waals surface area (Å²) in [6.45, 7) is 0. The van der Waals surface area contributed by atoms with Gasteiger partial charge in [0.1, 0.15) is 11.5 Å². The first kappa shape index (κ1) is 16.3. The predicted octanol–water partition coefficient (Wildman–Crippen LogP) is 3.27. The Labute approximate surface area is 140 Å². The number of carbonyl (C=O) groups excluding carboxylic acids is 1. The Bertz CT molecular complexity index is 708. The molecule has 0 bridgehead atoms. The molecule has 1 fully saturated rings. The van der Waals surface area contributed by atoms with Gasteiger partial charge in [-0.1, -0.05) is 24.4 Å². The van der Waals surface area contributed by atoms with Crippen LogP contribution in [0.3, 0.4) is 0 Å². The molecule has 0 spiro atoms. The topological polar surface area (TPSA) is 86.5 Å². The van der Waals surface area contributed by atoms with Gasteiger partial charge in [0, 0.05) is 5.92 Å². The summed E-state index contributed by atoms with van der Waals surface area (Å²) in [6.07, 6.45) is 5.21. The lowest BCUT2D eigenvalue weighted by molar-refractivity contribution is -0.120. The van der Waals surface area contributed by atoms with E-state index in [2.05, 4.69) is 15.5 Å². The van der Waals surface area contributed by atoms with E-state index in [1.807, 2.05) is 0 Å². The minimum Gasteiger partial charge on any atom is -0.497 e. The van der Waals surface area contributed by atoms with E-state index >= 15 is 0 Å². The van der Waals surface area contributed by atoms with Crippen LogP contribution in [0.2, 0.25) is 0 Å². The minimum absolute atomic E-state index is 0.0282. The van der Waals surface area contributed by atoms with Gasteiger partial charge in [-0.2, -0.15) is 0 Å². The summed E-state index contributed by atoms with van der Waals surface area (Å²) in [5.74, 6) is 1.48. The molecule has 0 radical (unpaired) electrons. The number of carbonyl (C=O) groups is 1. The highest BCUT2D eigenvalue weighted by Gasteiger charge is 2.23. The van der Waals surface area contributed by atoms with E-state index in [1.165, 1.54) is 6.42 Å². The van der Waals surface area contributed by atoms with Crippen LogP contribution in [0.5, 0.6) is 11.5 Å². The smallest absolute Gasteiger partial charge is 0.322 e. The summed E-state index contributed by atoms with van der Waals surface area (Å²) >= 11 is 0. The lowest BCUT2D eigenvalue weighted by Crippen LogP contribution is -2.24. The van der Waals surface area contributed by atoms with E-state index in [-0.39, 0.29) is 23.7 Å². The molecule has 2 aromatic rings. The number of anilines is 1. The lowest BCUT2D eigenvalue weighted by Gasteiger charge is -2.19. The molecular formula is C17H21N3O4. The third kappa shape index (κ3) is 3.50. The number of aromatic nitrogens is 2. The van der Waals surface area contributed by atoms with Gasteiger partial charge in [0.2, 0.25) is 5.91 Å². The maximum atomic E-state index is 12.3. The molecule has 7 nitrogen and oxygen atoms in total. The van der Waals surface area contributed by atoms with Gasteiger partial charge in [-0.15, -0.1) is 5.10 Å². The van der Waals surface area contributed by atoms with Crippen molar-refractivity contribution < 1.29 is 18.7 Å². The summed E-state index contributed by atoms with van der Waals surface area (Å²) in [4.78, 5) is 12.3. The predicted molar refractivity (Wildman–Crippen MR) is 88.0 cm³/mol. The molecule has 1 N–H and O–H groups in total. The maximum absolute atomic E-state index is 12.3. The number of rotatable bonds is 5. The number of benzene rings is 1. The number of hydrogen-bond donors (Lipinski definition) is 1. The Balaban J connectivity index is 1.76. The van der Waals surface area contributed by atoms with E-state index in [4.69, 9.17) is 13.9 Å². The van der Waals surface area contributed by atoms with Crippen molar-refractivity contribution in [3.8, 4) is 23.0 Å². The number of ether oxygens (including phenoxy) is 2. The van der Waals surface area contributed by atoms with Crippen molar-refractivity contribution in [3.63, 3.8) is 0 Å². The van der Waals surface area contributed by atoms with E-state index < -0.39 is 0 Å². The number of nitrogens with zero attached hydrogens (tertiary/aromatic N) is 2. The first-order chi connectivity index (χ1) is 11.7. The SMILES string of the molecule is COc1ccc(OC)c(-c2nnc(NC(=O)C3CCCCC3)o2)c1. The zero-order valence-electron chi connectivity index (χ0n) is 13.9. The van der Waals surface area contributed by atoms with Gasteiger partial charge in [0.15, 0.2) is 0 Å². The largest absolute Gasteiger partial charge is 0.497 e. The quantitative estimate of drug-likeness (QED) is 0.905. The van der Waals surface area contributed by atoms with E-state index in [9.17, 15) is 4.79 Å². The van der Waals surface area contributed by atoms with Crippen LogP contribution in [-0.4, -0.2) is 30.3 Å². The first-order valence-electron chi connectivity index (χ1n) is 8.08. The van der Waals surface area contributed by atoms with Crippen LogP contribution >= 0.6 is 0 Å². The zero-order valence-corrected chi connectivity index (χ0v) is 13.9. The Morgan fingerprint density at radius 3 is 2.67 bits per heavy atom. The fourth-order valence-electron chi connectivity index (χ4n) is 2.94. The van der Waals surface area contributed by atoms with Gasteiger partial charge in [-0.25, -0.2) is 0 Å². The van der Waals surface area contributed by atoms with E-state index in [1.54, 1.807) is 32.4 Å². The van der Waals surface area contributed by atoms with Gasteiger partial charge < -0.3 is 13.9 Å². The summed E-state index contributed by atoms with van der Waals surface area (Å²) in [6, 6.07) is 5.40. The van der Waals surface area contributed by atoms with Crippen LogP contribution in [0, 0.1) is 5.92 Å². The summed E-state index contributed by atoms with van der Waals surface area (Å²) < 4.78 is 16.1. The summed E-state index contributed by atoms with van der Waals surface area (Å²) in [5, 5.41) is 10.6. The molecule has 128 valence electrons. The molecule has 0 aliphatic heterocycles. The average Bonchev–Trinajstić information content (AvgIpc) is 3.10. The van der Waals surface area contributed by atoms with Crippen LogP contribution in [0.1, 0.15) is 32.1 Å². The van der Waals surface area contributed by atoms with Crippen molar-refractivity contribution in [2.75, 3.05) is 19.5 Å². The molecule has 1 saturated carbocycles. The first-order valence-corrected chi connectivity index (χ1v) is 8.08. The van der Waals surface area contributed by atoms with Crippen molar-refractivity contribution >= 4 is 11.9 Å². The second kappa shape index (κ2) is 7.33. The van der Waals surface area contributed by atoms with Crippen molar-refractivity contribution in [3.05, 3.63) is 18.2 Å². The highest BCUT2D eigenvalue weighted by molar-refractivity contribution is 5.90. The normalized spacial score (nSPS) is 15.1. The van der Waals surface area contributed by atoms with Crippen molar-refractivity contribution in [1.82, 2.24) is 10.2 Å². The molecule has 1 aromatic carbocycles. The van der Waals surface area contributed by atoms with Gasteiger partial charge >= 0.3 is 6.01 Å². The maximum Gasteiger partial charge on any atom is 0.322 e. The Kier molecular flexibility index (Phi) is 4.98. The standard InChI is InChI=1S/C17H21N3O4/c1-22-12-8-9-14(23-2)13(10-12)16-19-20-17(24-16)18-15(21)11-6-4-3-5-7-11/h8-11H,3-7H2,1-2H3,(H,18,20,21). The fourth-order valence-corrected chi connectivity index (χ4v) is 2.94. The van der Waals surface area contributed by atoms with Gasteiger partial charge in [0.05, 0.1) is 19.8 Å². The summed E-state index contributed by atoms with van der Waals surface area (Å²) in [7, 11) is 3.14. The molecule has 0 unspecified atom stereocenters. The van der Waals surface area contributed by atoms with Gasteiger partial charge in [-0.05, 0) is 31.0 Å². The van der Waals surface area contributed by atoms with Gasteiger partial charge in [0.25, 0.3) is 5.89 Å². The van der Waals surface area contributed by atoms with E-state index in [0.29, 0.717) is 17.1 Å².